The quantitative estimate of drug-likeness (QED) is 0.898. The summed E-state index contributed by atoms with van der Waals surface area (Å²) in [5.41, 5.74) is 0.625. The Hall–Kier alpha value is -1.62. The molecule has 0 saturated carbocycles. The van der Waals surface area contributed by atoms with E-state index in [1.54, 1.807) is 6.07 Å². The summed E-state index contributed by atoms with van der Waals surface area (Å²) in [5.74, 6) is -0.399. The first-order chi connectivity index (χ1) is 9.60. The van der Waals surface area contributed by atoms with Crippen LogP contribution in [0.2, 0.25) is 0 Å². The van der Waals surface area contributed by atoms with Gasteiger partial charge in [0.05, 0.1) is 25.7 Å². The molecule has 0 aliphatic carbocycles. The van der Waals surface area contributed by atoms with Gasteiger partial charge in [0.2, 0.25) is 5.91 Å². The summed E-state index contributed by atoms with van der Waals surface area (Å²) < 4.78 is 23.9. The van der Waals surface area contributed by atoms with Crippen molar-refractivity contribution in [2.75, 3.05) is 13.7 Å². The summed E-state index contributed by atoms with van der Waals surface area (Å²) in [5, 5.41) is 2.90. The molecular weight excluding hydrogens is 261 g/mol. The Bertz CT molecular complexity index is 472. The van der Waals surface area contributed by atoms with E-state index in [4.69, 9.17) is 9.47 Å². The summed E-state index contributed by atoms with van der Waals surface area (Å²) in [6.07, 6.45) is 2.25. The third kappa shape index (κ3) is 3.70. The number of benzene rings is 1. The molecule has 20 heavy (non-hydrogen) atoms. The van der Waals surface area contributed by atoms with Gasteiger partial charge in [-0.1, -0.05) is 6.07 Å². The Morgan fingerprint density at radius 3 is 3.00 bits per heavy atom. The zero-order valence-corrected chi connectivity index (χ0v) is 11.8. The van der Waals surface area contributed by atoms with Crippen LogP contribution in [0.1, 0.15) is 25.3 Å². The Morgan fingerprint density at radius 2 is 2.40 bits per heavy atom. The normalized spacial score (nSPS) is 19.6. The summed E-state index contributed by atoms with van der Waals surface area (Å²) in [4.78, 5) is 11.9. The number of carbonyl (C=O) groups is 1. The zero-order valence-electron chi connectivity index (χ0n) is 11.8. The predicted molar refractivity (Wildman–Crippen MR) is 73.2 cm³/mol. The van der Waals surface area contributed by atoms with Gasteiger partial charge in [-0.05, 0) is 37.5 Å². The molecule has 2 rings (SSSR count). The largest absolute Gasteiger partial charge is 0.494 e. The SMILES string of the molecule is COc1ccc(CC(=O)NC(C)C2CCCO2)cc1F. The highest BCUT2D eigenvalue weighted by atomic mass is 19.1. The number of hydrogen-bond acceptors (Lipinski definition) is 3. The van der Waals surface area contributed by atoms with Gasteiger partial charge in [-0.25, -0.2) is 4.39 Å². The van der Waals surface area contributed by atoms with Gasteiger partial charge in [0.1, 0.15) is 0 Å². The fourth-order valence-corrected chi connectivity index (χ4v) is 2.40. The molecule has 1 aliphatic rings. The molecule has 1 N–H and O–H groups in total. The summed E-state index contributed by atoms with van der Waals surface area (Å²) in [6, 6.07) is 4.53. The molecule has 1 aromatic rings. The van der Waals surface area contributed by atoms with E-state index >= 15 is 0 Å². The number of hydrogen-bond donors (Lipinski definition) is 1. The topological polar surface area (TPSA) is 47.6 Å². The molecule has 1 fully saturated rings. The van der Waals surface area contributed by atoms with Crippen molar-refractivity contribution in [1.82, 2.24) is 5.32 Å². The maximum absolute atomic E-state index is 13.5. The lowest BCUT2D eigenvalue weighted by Crippen LogP contribution is -2.41. The second-order valence-electron chi connectivity index (χ2n) is 5.05. The lowest BCUT2D eigenvalue weighted by atomic mass is 10.1. The van der Waals surface area contributed by atoms with E-state index in [9.17, 15) is 9.18 Å². The van der Waals surface area contributed by atoms with Crippen LogP contribution in [0.4, 0.5) is 4.39 Å². The minimum absolute atomic E-state index is 0.0203. The number of methoxy groups -OCH3 is 1. The van der Waals surface area contributed by atoms with E-state index in [2.05, 4.69) is 5.32 Å². The number of amides is 1. The van der Waals surface area contributed by atoms with Crippen molar-refractivity contribution < 1.29 is 18.7 Å². The predicted octanol–water partition coefficient (Wildman–Crippen LogP) is 2.06. The minimum atomic E-state index is -0.454. The second-order valence-corrected chi connectivity index (χ2v) is 5.05. The van der Waals surface area contributed by atoms with Crippen LogP contribution < -0.4 is 10.1 Å². The fraction of sp³-hybridized carbons (Fsp3) is 0.533. The van der Waals surface area contributed by atoms with Gasteiger partial charge in [-0.15, -0.1) is 0 Å². The molecule has 2 unspecified atom stereocenters. The molecule has 0 bridgehead atoms. The highest BCUT2D eigenvalue weighted by Crippen LogP contribution is 2.18. The van der Waals surface area contributed by atoms with E-state index in [0.29, 0.717) is 5.56 Å². The maximum atomic E-state index is 13.5. The van der Waals surface area contributed by atoms with Gasteiger partial charge in [-0.3, -0.25) is 4.79 Å². The minimum Gasteiger partial charge on any atom is -0.494 e. The van der Waals surface area contributed by atoms with Gasteiger partial charge in [-0.2, -0.15) is 0 Å². The molecule has 1 aromatic carbocycles. The molecular formula is C15H20FNO3. The van der Waals surface area contributed by atoms with E-state index in [1.807, 2.05) is 6.92 Å². The van der Waals surface area contributed by atoms with Gasteiger partial charge < -0.3 is 14.8 Å². The molecule has 4 nitrogen and oxygen atoms in total. The van der Waals surface area contributed by atoms with E-state index < -0.39 is 5.82 Å². The second kappa shape index (κ2) is 6.70. The summed E-state index contributed by atoms with van der Waals surface area (Å²) in [7, 11) is 1.41. The van der Waals surface area contributed by atoms with E-state index in [0.717, 1.165) is 19.4 Å². The Labute approximate surface area is 118 Å². The molecule has 1 amide bonds. The lowest BCUT2D eigenvalue weighted by Gasteiger charge is -2.20. The van der Waals surface area contributed by atoms with Gasteiger partial charge in [0, 0.05) is 6.61 Å². The van der Waals surface area contributed by atoms with Crippen LogP contribution in [0, 0.1) is 5.82 Å². The molecule has 2 atom stereocenters. The number of rotatable bonds is 5. The van der Waals surface area contributed by atoms with Crippen LogP contribution in [-0.4, -0.2) is 31.8 Å². The van der Waals surface area contributed by atoms with Crippen molar-refractivity contribution in [2.45, 2.75) is 38.3 Å². The third-order valence-electron chi connectivity index (χ3n) is 3.49. The van der Waals surface area contributed by atoms with Crippen LogP contribution in [0.3, 0.4) is 0 Å². The van der Waals surface area contributed by atoms with Crippen molar-refractivity contribution in [3.05, 3.63) is 29.6 Å². The fourth-order valence-electron chi connectivity index (χ4n) is 2.40. The highest BCUT2D eigenvalue weighted by Gasteiger charge is 2.23. The average molecular weight is 281 g/mol. The monoisotopic (exact) mass is 281 g/mol. The van der Waals surface area contributed by atoms with Crippen molar-refractivity contribution in [2.24, 2.45) is 0 Å². The number of ether oxygens (including phenoxy) is 2. The Balaban J connectivity index is 1.89. The van der Waals surface area contributed by atoms with Crippen molar-refractivity contribution in [3.63, 3.8) is 0 Å². The van der Waals surface area contributed by atoms with Crippen LogP contribution in [-0.2, 0) is 16.0 Å². The van der Waals surface area contributed by atoms with Crippen LogP contribution in [0.5, 0.6) is 5.75 Å². The number of halogens is 1. The zero-order chi connectivity index (χ0) is 14.5. The first-order valence-electron chi connectivity index (χ1n) is 6.83. The number of carbonyl (C=O) groups excluding carboxylic acids is 1. The molecule has 1 aliphatic heterocycles. The highest BCUT2D eigenvalue weighted by molar-refractivity contribution is 5.78. The van der Waals surface area contributed by atoms with E-state index in [1.165, 1.54) is 19.2 Å². The molecule has 0 aromatic heterocycles. The van der Waals surface area contributed by atoms with Gasteiger partial charge in [0.15, 0.2) is 11.6 Å². The summed E-state index contributed by atoms with van der Waals surface area (Å²) in [6.45, 7) is 2.69. The Kier molecular flexibility index (Phi) is 4.95. The van der Waals surface area contributed by atoms with Crippen molar-refractivity contribution in [3.8, 4) is 5.75 Å². The molecule has 110 valence electrons. The standard InChI is InChI=1S/C15H20FNO3/c1-10(13-4-3-7-20-13)17-15(18)9-11-5-6-14(19-2)12(16)8-11/h5-6,8,10,13H,3-4,7,9H2,1-2H3,(H,17,18). The van der Waals surface area contributed by atoms with Gasteiger partial charge >= 0.3 is 0 Å². The van der Waals surface area contributed by atoms with Crippen LogP contribution in [0.15, 0.2) is 18.2 Å². The summed E-state index contributed by atoms with van der Waals surface area (Å²) >= 11 is 0. The smallest absolute Gasteiger partial charge is 0.224 e. The van der Waals surface area contributed by atoms with Crippen molar-refractivity contribution in [1.29, 1.82) is 0 Å². The van der Waals surface area contributed by atoms with Crippen LogP contribution in [0.25, 0.3) is 0 Å². The molecule has 5 heteroatoms. The Morgan fingerprint density at radius 1 is 1.60 bits per heavy atom. The lowest BCUT2D eigenvalue weighted by molar-refractivity contribution is -0.121. The van der Waals surface area contributed by atoms with E-state index in [-0.39, 0.29) is 30.2 Å². The maximum Gasteiger partial charge on any atom is 0.224 e. The average Bonchev–Trinajstić information content (AvgIpc) is 2.92. The number of nitrogens with one attached hydrogen (secondary N) is 1. The van der Waals surface area contributed by atoms with Crippen molar-refractivity contribution >= 4 is 5.91 Å². The molecule has 0 radical (unpaired) electrons. The first kappa shape index (κ1) is 14.8. The van der Waals surface area contributed by atoms with Crippen LogP contribution >= 0.6 is 0 Å². The molecule has 1 heterocycles. The third-order valence-corrected chi connectivity index (χ3v) is 3.49. The molecule has 1 saturated heterocycles. The first-order valence-corrected chi connectivity index (χ1v) is 6.83. The molecule has 0 spiro atoms. The van der Waals surface area contributed by atoms with Gasteiger partial charge in [0.25, 0.3) is 0 Å².